The number of phenolic OH excluding ortho intramolecular Hbond substituents is 4. The number of aromatic nitrogens is 1. The summed E-state index contributed by atoms with van der Waals surface area (Å²) in [6, 6.07) is 15.5. The van der Waals surface area contributed by atoms with Crippen molar-refractivity contribution < 1.29 is 20.4 Å². The van der Waals surface area contributed by atoms with Gasteiger partial charge >= 0.3 is 0 Å². The molecule has 0 spiro atoms. The SMILES string of the molecule is Cc1ccc(/C=c2\c3n(c4ccc(O)cc24)N(C)C(c2ccc(O)c(O)c2)C=3)cc1O. The van der Waals surface area contributed by atoms with Crippen LogP contribution in [0.1, 0.15) is 22.7 Å². The summed E-state index contributed by atoms with van der Waals surface area (Å²) in [4.78, 5) is 0. The van der Waals surface area contributed by atoms with E-state index in [1.165, 1.54) is 6.07 Å². The average molecular weight is 414 g/mol. The van der Waals surface area contributed by atoms with Crippen LogP contribution in [-0.2, 0) is 0 Å². The van der Waals surface area contributed by atoms with Gasteiger partial charge in [-0.3, -0.25) is 4.68 Å². The highest BCUT2D eigenvalue weighted by Gasteiger charge is 2.25. The lowest BCUT2D eigenvalue weighted by Gasteiger charge is -2.25. The smallest absolute Gasteiger partial charge is 0.157 e. The molecule has 1 aliphatic rings. The van der Waals surface area contributed by atoms with Crippen LogP contribution in [0.2, 0.25) is 0 Å². The maximum atomic E-state index is 10.1. The molecule has 6 nitrogen and oxygen atoms in total. The van der Waals surface area contributed by atoms with Crippen LogP contribution in [0, 0.1) is 6.92 Å². The number of benzene rings is 3. The van der Waals surface area contributed by atoms with Gasteiger partial charge in [-0.15, -0.1) is 0 Å². The molecule has 3 aromatic carbocycles. The Balaban J connectivity index is 1.79. The number of phenols is 4. The van der Waals surface area contributed by atoms with Gasteiger partial charge in [-0.05, 0) is 72.2 Å². The van der Waals surface area contributed by atoms with Crippen LogP contribution < -0.4 is 15.6 Å². The van der Waals surface area contributed by atoms with E-state index in [1.807, 2.05) is 43.3 Å². The summed E-state index contributed by atoms with van der Waals surface area (Å²) in [6.07, 6.45) is 4.08. The Kier molecular flexibility index (Phi) is 4.12. The van der Waals surface area contributed by atoms with Crippen molar-refractivity contribution in [2.45, 2.75) is 13.0 Å². The van der Waals surface area contributed by atoms with Crippen molar-refractivity contribution in [3.05, 3.63) is 81.9 Å². The predicted molar refractivity (Wildman–Crippen MR) is 120 cm³/mol. The molecular weight excluding hydrogens is 392 g/mol. The zero-order valence-electron chi connectivity index (χ0n) is 17.1. The number of aryl methyl sites for hydroxylation is 1. The molecule has 0 amide bonds. The van der Waals surface area contributed by atoms with Gasteiger partial charge in [0.1, 0.15) is 11.5 Å². The molecular formula is C25H22N2O4. The Morgan fingerprint density at radius 3 is 2.39 bits per heavy atom. The van der Waals surface area contributed by atoms with Crippen LogP contribution in [0.3, 0.4) is 0 Å². The minimum atomic E-state index is -0.160. The summed E-state index contributed by atoms with van der Waals surface area (Å²) in [5.41, 5.74) is 3.43. The highest BCUT2D eigenvalue weighted by atomic mass is 16.3. The van der Waals surface area contributed by atoms with Gasteiger partial charge in [0, 0.05) is 17.7 Å². The van der Waals surface area contributed by atoms with Gasteiger partial charge in [0.2, 0.25) is 0 Å². The van der Waals surface area contributed by atoms with Crippen molar-refractivity contribution in [1.82, 2.24) is 4.68 Å². The third-order valence-corrected chi connectivity index (χ3v) is 5.92. The molecule has 2 heterocycles. The zero-order valence-corrected chi connectivity index (χ0v) is 17.1. The van der Waals surface area contributed by atoms with E-state index in [9.17, 15) is 20.4 Å². The van der Waals surface area contributed by atoms with Crippen LogP contribution in [0.4, 0.5) is 0 Å². The Hall–Kier alpha value is -4.06. The summed E-state index contributed by atoms with van der Waals surface area (Å²) < 4.78 is 2.07. The van der Waals surface area contributed by atoms with Crippen LogP contribution in [0.25, 0.3) is 23.1 Å². The normalized spacial score (nSPS) is 16.0. The zero-order chi connectivity index (χ0) is 21.9. The standard InChI is InChI=1S/C25H22N2O4/c1-14-3-4-15(10-24(14)30)9-18-19-12-17(28)6-7-20(19)27-22(18)13-21(26(27)2)16-5-8-23(29)25(31)11-16/h3-13,21,28-31H,1-2H3/b18-9-. The van der Waals surface area contributed by atoms with E-state index in [1.54, 1.807) is 30.3 Å². The molecule has 4 aromatic rings. The van der Waals surface area contributed by atoms with E-state index < -0.39 is 0 Å². The quantitative estimate of drug-likeness (QED) is 0.379. The fraction of sp³-hybridized carbons (Fsp3) is 0.120. The minimum absolute atomic E-state index is 0.154. The van der Waals surface area contributed by atoms with Crippen LogP contribution in [-0.4, -0.2) is 32.1 Å². The maximum Gasteiger partial charge on any atom is 0.157 e. The number of fused-ring (bicyclic) bond motifs is 3. The topological polar surface area (TPSA) is 89.1 Å². The Labute approximate surface area is 178 Å². The molecule has 0 bridgehead atoms. The molecule has 0 saturated heterocycles. The molecule has 6 heteroatoms. The molecule has 1 unspecified atom stereocenters. The molecule has 0 saturated carbocycles. The van der Waals surface area contributed by atoms with E-state index in [0.29, 0.717) is 0 Å². The number of hydrogen-bond acceptors (Lipinski definition) is 5. The Morgan fingerprint density at radius 2 is 1.65 bits per heavy atom. The fourth-order valence-electron chi connectivity index (χ4n) is 4.26. The highest BCUT2D eigenvalue weighted by molar-refractivity contribution is 5.86. The highest BCUT2D eigenvalue weighted by Crippen LogP contribution is 2.32. The summed E-state index contributed by atoms with van der Waals surface area (Å²) in [7, 11) is 1.95. The van der Waals surface area contributed by atoms with Crippen molar-refractivity contribution in [3.63, 3.8) is 0 Å². The van der Waals surface area contributed by atoms with Gasteiger partial charge in [-0.25, -0.2) is 0 Å². The van der Waals surface area contributed by atoms with Crippen molar-refractivity contribution in [2.75, 3.05) is 12.1 Å². The Morgan fingerprint density at radius 1 is 0.839 bits per heavy atom. The van der Waals surface area contributed by atoms with Gasteiger partial charge in [-0.1, -0.05) is 18.2 Å². The summed E-state index contributed by atoms with van der Waals surface area (Å²) in [5, 5.41) is 44.7. The first kappa shape index (κ1) is 18.9. The molecule has 4 N–H and O–H groups in total. The second-order valence-corrected chi connectivity index (χ2v) is 7.94. The van der Waals surface area contributed by atoms with E-state index in [2.05, 4.69) is 10.8 Å². The monoisotopic (exact) mass is 414 g/mol. The van der Waals surface area contributed by atoms with Crippen LogP contribution in [0.5, 0.6) is 23.0 Å². The van der Waals surface area contributed by atoms with Gasteiger partial charge < -0.3 is 25.4 Å². The third kappa shape index (κ3) is 2.95. The lowest BCUT2D eigenvalue weighted by Crippen LogP contribution is -2.35. The van der Waals surface area contributed by atoms with Crippen molar-refractivity contribution in [3.8, 4) is 23.0 Å². The number of aromatic hydroxyl groups is 4. The molecule has 31 heavy (non-hydrogen) atoms. The first-order valence-corrected chi connectivity index (χ1v) is 9.95. The molecule has 1 aliphatic heterocycles. The molecule has 0 radical (unpaired) electrons. The van der Waals surface area contributed by atoms with E-state index in [0.717, 1.165) is 38.2 Å². The summed E-state index contributed by atoms with van der Waals surface area (Å²) >= 11 is 0. The molecule has 1 aromatic heterocycles. The maximum absolute atomic E-state index is 10.1. The molecule has 0 aliphatic carbocycles. The number of nitrogens with zero attached hydrogens (tertiary/aromatic N) is 2. The van der Waals surface area contributed by atoms with Crippen LogP contribution >= 0.6 is 0 Å². The van der Waals surface area contributed by atoms with Gasteiger partial charge in [0.25, 0.3) is 0 Å². The molecule has 1 atom stereocenters. The van der Waals surface area contributed by atoms with Gasteiger partial charge in [0.05, 0.1) is 16.9 Å². The minimum Gasteiger partial charge on any atom is -0.508 e. The van der Waals surface area contributed by atoms with Crippen LogP contribution in [0.15, 0.2) is 54.6 Å². The first-order chi connectivity index (χ1) is 14.8. The van der Waals surface area contributed by atoms with Crippen molar-refractivity contribution in [1.29, 1.82) is 0 Å². The molecule has 0 fully saturated rings. The second-order valence-electron chi connectivity index (χ2n) is 7.94. The summed E-state index contributed by atoms with van der Waals surface area (Å²) in [6.45, 7) is 1.85. The second kappa shape index (κ2) is 6.74. The molecule has 156 valence electrons. The summed E-state index contributed by atoms with van der Waals surface area (Å²) in [5.74, 6) is 0.0989. The fourth-order valence-corrected chi connectivity index (χ4v) is 4.26. The molecule has 5 rings (SSSR count). The first-order valence-electron chi connectivity index (χ1n) is 9.95. The lowest BCUT2D eigenvalue weighted by atomic mass is 10.0. The lowest BCUT2D eigenvalue weighted by molar-refractivity contribution is 0.403. The number of rotatable bonds is 2. The number of hydrogen-bond donors (Lipinski definition) is 4. The average Bonchev–Trinajstić information content (AvgIpc) is 3.22. The van der Waals surface area contributed by atoms with Gasteiger partial charge in [-0.2, -0.15) is 0 Å². The largest absolute Gasteiger partial charge is 0.508 e. The van der Waals surface area contributed by atoms with Crippen molar-refractivity contribution in [2.24, 2.45) is 0 Å². The van der Waals surface area contributed by atoms with E-state index in [4.69, 9.17) is 0 Å². The predicted octanol–water partition coefficient (Wildman–Crippen LogP) is 2.70. The Bertz CT molecular complexity index is 1470. The third-order valence-electron chi connectivity index (χ3n) is 5.92. The van der Waals surface area contributed by atoms with E-state index >= 15 is 0 Å². The van der Waals surface area contributed by atoms with Gasteiger partial charge in [0.15, 0.2) is 11.5 Å². The van der Waals surface area contributed by atoms with E-state index in [-0.39, 0.29) is 29.0 Å². The van der Waals surface area contributed by atoms with Crippen molar-refractivity contribution >= 4 is 23.1 Å².